The molecule has 0 saturated carbocycles. The number of hydrogen-bond donors (Lipinski definition) is 1. The maximum absolute atomic E-state index is 13.3. The van der Waals surface area contributed by atoms with Crippen molar-refractivity contribution in [2.75, 3.05) is 30.4 Å². The van der Waals surface area contributed by atoms with Gasteiger partial charge < -0.3 is 19.7 Å². The first-order chi connectivity index (χ1) is 17.1. The number of carbonyl (C=O) groups excluding carboxylic acids is 2. The number of carbonyl (C=O) groups is 2. The Labute approximate surface area is 217 Å². The Balaban J connectivity index is 1.73. The predicted octanol–water partition coefficient (Wildman–Crippen LogP) is 3.56. The van der Waals surface area contributed by atoms with E-state index >= 15 is 0 Å². The number of hydrogen-bond acceptors (Lipinski definition) is 6. The van der Waals surface area contributed by atoms with E-state index in [1.165, 1.54) is 9.21 Å². The van der Waals surface area contributed by atoms with Gasteiger partial charge >= 0.3 is 0 Å². The Morgan fingerprint density at radius 2 is 1.86 bits per heavy atom. The van der Waals surface area contributed by atoms with E-state index in [1.54, 1.807) is 37.3 Å². The van der Waals surface area contributed by atoms with E-state index in [0.717, 1.165) is 18.2 Å². The largest absolute Gasteiger partial charge is 0.454 e. The molecule has 2 aromatic rings. The Morgan fingerprint density at radius 3 is 2.56 bits per heavy atom. The fourth-order valence-electron chi connectivity index (χ4n) is 3.83. The van der Waals surface area contributed by atoms with Crippen molar-refractivity contribution in [3.05, 3.63) is 53.1 Å². The summed E-state index contributed by atoms with van der Waals surface area (Å²) in [7, 11) is -3.62. The van der Waals surface area contributed by atoms with Crippen molar-refractivity contribution in [2.24, 2.45) is 0 Å². The molecule has 0 aliphatic carbocycles. The quantitative estimate of drug-likeness (QED) is 0.444. The summed E-state index contributed by atoms with van der Waals surface area (Å²) in [5, 5.41) is 3.33. The van der Waals surface area contributed by atoms with Gasteiger partial charge in [-0.1, -0.05) is 36.7 Å². The third-order valence-corrected chi connectivity index (χ3v) is 7.37. The van der Waals surface area contributed by atoms with Crippen LogP contribution >= 0.6 is 11.6 Å². The van der Waals surface area contributed by atoms with Gasteiger partial charge in [0.1, 0.15) is 6.04 Å². The molecule has 36 heavy (non-hydrogen) atoms. The van der Waals surface area contributed by atoms with E-state index < -0.39 is 16.1 Å². The lowest BCUT2D eigenvalue weighted by Gasteiger charge is -2.29. The SMILES string of the molecule is CCCNC(=O)[C@@H](C)N(Cc1ccccc1Cl)C(=O)CCCN(c1ccc2c(c1)OCO2)S(C)(=O)=O. The summed E-state index contributed by atoms with van der Waals surface area (Å²) >= 11 is 6.31. The molecule has 1 heterocycles. The molecule has 2 amide bonds. The molecule has 0 radical (unpaired) electrons. The highest BCUT2D eigenvalue weighted by atomic mass is 35.5. The van der Waals surface area contributed by atoms with Crippen LogP contribution in [0.5, 0.6) is 11.5 Å². The summed E-state index contributed by atoms with van der Waals surface area (Å²) in [4.78, 5) is 27.4. The Bertz CT molecular complexity index is 1190. The Hall–Kier alpha value is -2.98. The van der Waals surface area contributed by atoms with Crippen LogP contribution in [0.2, 0.25) is 5.02 Å². The van der Waals surface area contributed by atoms with Crippen molar-refractivity contribution in [3.63, 3.8) is 0 Å². The normalized spacial score (nSPS) is 13.2. The molecule has 0 aromatic heterocycles. The topological polar surface area (TPSA) is 105 Å². The lowest BCUT2D eigenvalue weighted by atomic mass is 10.1. The van der Waals surface area contributed by atoms with Crippen LogP contribution in [0.3, 0.4) is 0 Å². The molecule has 1 atom stereocenters. The number of rotatable bonds is 12. The zero-order valence-electron chi connectivity index (χ0n) is 20.7. The second kappa shape index (κ2) is 12.3. The van der Waals surface area contributed by atoms with Crippen molar-refractivity contribution in [2.45, 2.75) is 45.7 Å². The molecule has 2 aromatic carbocycles. The van der Waals surface area contributed by atoms with Crippen LogP contribution in [-0.2, 0) is 26.2 Å². The number of nitrogens with one attached hydrogen (secondary N) is 1. The molecule has 3 rings (SSSR count). The lowest BCUT2D eigenvalue weighted by Crippen LogP contribution is -2.47. The fourth-order valence-corrected chi connectivity index (χ4v) is 4.99. The molecule has 1 N–H and O–H groups in total. The molecular weight excluding hydrogens is 506 g/mol. The monoisotopic (exact) mass is 537 g/mol. The number of ether oxygens (including phenoxy) is 2. The standard InChI is InChI=1S/C25H32ClN3O6S/c1-4-13-27-25(31)18(2)28(16-19-8-5-6-9-21(19)26)24(30)10-7-14-29(36(3,32)33)20-11-12-22-23(15-20)35-17-34-22/h5-6,8-9,11-12,15,18H,4,7,10,13-14,16-17H2,1-3H3,(H,27,31)/t18-/m1/s1. The number of sulfonamides is 1. The minimum Gasteiger partial charge on any atom is -0.454 e. The van der Waals surface area contributed by atoms with Gasteiger partial charge in [0.2, 0.25) is 28.6 Å². The number of anilines is 1. The maximum atomic E-state index is 13.3. The molecular formula is C25H32ClN3O6S. The van der Waals surface area contributed by atoms with Gasteiger partial charge in [0.05, 0.1) is 11.9 Å². The smallest absolute Gasteiger partial charge is 0.242 e. The van der Waals surface area contributed by atoms with Gasteiger partial charge in [0.25, 0.3) is 0 Å². The molecule has 196 valence electrons. The summed E-state index contributed by atoms with van der Waals surface area (Å²) in [5.74, 6) is 0.492. The van der Waals surface area contributed by atoms with Gasteiger partial charge in [-0.3, -0.25) is 13.9 Å². The highest BCUT2D eigenvalue weighted by Crippen LogP contribution is 2.36. The highest BCUT2D eigenvalue weighted by molar-refractivity contribution is 7.92. The van der Waals surface area contributed by atoms with E-state index in [1.807, 2.05) is 19.1 Å². The lowest BCUT2D eigenvalue weighted by molar-refractivity contribution is -0.140. The molecule has 0 unspecified atom stereocenters. The summed E-state index contributed by atoms with van der Waals surface area (Å²) in [6.45, 7) is 4.46. The molecule has 0 saturated heterocycles. The number of nitrogens with zero attached hydrogens (tertiary/aromatic N) is 2. The number of fused-ring (bicyclic) bond motifs is 1. The zero-order valence-corrected chi connectivity index (χ0v) is 22.3. The minimum atomic E-state index is -3.62. The van der Waals surface area contributed by atoms with Crippen LogP contribution in [0.15, 0.2) is 42.5 Å². The van der Waals surface area contributed by atoms with E-state index in [-0.39, 0.29) is 44.5 Å². The summed E-state index contributed by atoms with van der Waals surface area (Å²) in [5.41, 5.74) is 1.15. The third-order valence-electron chi connectivity index (χ3n) is 5.81. The van der Waals surface area contributed by atoms with E-state index in [4.69, 9.17) is 21.1 Å². The number of benzene rings is 2. The van der Waals surface area contributed by atoms with Gasteiger partial charge in [-0.2, -0.15) is 0 Å². The van der Waals surface area contributed by atoms with Crippen molar-refractivity contribution < 1.29 is 27.5 Å². The van der Waals surface area contributed by atoms with Crippen molar-refractivity contribution in [1.82, 2.24) is 10.2 Å². The molecule has 1 aliphatic rings. The number of amides is 2. The van der Waals surface area contributed by atoms with Crippen molar-refractivity contribution >= 4 is 39.1 Å². The van der Waals surface area contributed by atoms with Crippen molar-refractivity contribution in [1.29, 1.82) is 0 Å². The van der Waals surface area contributed by atoms with Gasteiger partial charge in [-0.05, 0) is 43.5 Å². The van der Waals surface area contributed by atoms with Crippen LogP contribution in [0.1, 0.15) is 38.7 Å². The fraction of sp³-hybridized carbons (Fsp3) is 0.440. The molecule has 9 nitrogen and oxygen atoms in total. The second-order valence-electron chi connectivity index (χ2n) is 8.56. The van der Waals surface area contributed by atoms with Gasteiger partial charge in [-0.25, -0.2) is 8.42 Å². The third kappa shape index (κ3) is 7.04. The molecule has 0 fully saturated rings. The molecule has 0 spiro atoms. The average Bonchev–Trinajstić information content (AvgIpc) is 3.31. The summed E-state index contributed by atoms with van der Waals surface area (Å²) < 4.78 is 36.9. The average molecular weight is 538 g/mol. The van der Waals surface area contributed by atoms with Crippen LogP contribution in [-0.4, -0.2) is 57.3 Å². The van der Waals surface area contributed by atoms with Gasteiger partial charge in [-0.15, -0.1) is 0 Å². The molecule has 11 heteroatoms. The highest BCUT2D eigenvalue weighted by Gasteiger charge is 2.27. The molecule has 1 aliphatic heterocycles. The number of halogens is 1. The van der Waals surface area contributed by atoms with Gasteiger partial charge in [0.15, 0.2) is 11.5 Å². The van der Waals surface area contributed by atoms with Crippen LogP contribution in [0.4, 0.5) is 5.69 Å². The first kappa shape index (κ1) is 27.6. The predicted molar refractivity (Wildman–Crippen MR) is 139 cm³/mol. The van der Waals surface area contributed by atoms with E-state index in [2.05, 4.69) is 5.32 Å². The first-order valence-corrected chi connectivity index (χ1v) is 14.0. The Kier molecular flexibility index (Phi) is 9.44. The van der Waals surface area contributed by atoms with E-state index in [0.29, 0.717) is 28.8 Å². The molecule has 0 bridgehead atoms. The second-order valence-corrected chi connectivity index (χ2v) is 10.9. The summed E-state index contributed by atoms with van der Waals surface area (Å²) in [6.07, 6.45) is 2.19. The van der Waals surface area contributed by atoms with Crippen molar-refractivity contribution in [3.8, 4) is 11.5 Å². The van der Waals surface area contributed by atoms with Crippen LogP contribution in [0, 0.1) is 0 Å². The van der Waals surface area contributed by atoms with E-state index in [9.17, 15) is 18.0 Å². The maximum Gasteiger partial charge on any atom is 0.242 e. The Morgan fingerprint density at radius 1 is 1.14 bits per heavy atom. The van der Waals surface area contributed by atoms with Gasteiger partial charge in [0, 0.05) is 37.1 Å². The van der Waals surface area contributed by atoms with Crippen LogP contribution < -0.4 is 19.1 Å². The zero-order chi connectivity index (χ0) is 26.3. The summed E-state index contributed by atoms with van der Waals surface area (Å²) in [6, 6.07) is 11.3. The minimum absolute atomic E-state index is 0.0480. The van der Waals surface area contributed by atoms with Crippen LogP contribution in [0.25, 0.3) is 0 Å². The first-order valence-electron chi connectivity index (χ1n) is 11.8.